The van der Waals surface area contributed by atoms with Crippen LogP contribution in [0.15, 0.2) is 18.2 Å². The quantitative estimate of drug-likeness (QED) is 0.715. The van der Waals surface area contributed by atoms with Gasteiger partial charge in [0.2, 0.25) is 0 Å². The molecular weight excluding hydrogens is 183 g/mol. The van der Waals surface area contributed by atoms with Crippen LogP contribution in [0.3, 0.4) is 0 Å². The minimum absolute atomic E-state index is 0.111. The van der Waals surface area contributed by atoms with E-state index in [1.165, 1.54) is 12.1 Å². The summed E-state index contributed by atoms with van der Waals surface area (Å²) in [5.41, 5.74) is 0.762. The van der Waals surface area contributed by atoms with Gasteiger partial charge in [-0.1, -0.05) is 0 Å². The average Bonchev–Trinajstić information content (AvgIpc) is 2.20. The van der Waals surface area contributed by atoms with Gasteiger partial charge in [-0.25, -0.2) is 4.39 Å². The summed E-state index contributed by atoms with van der Waals surface area (Å²) in [7, 11) is 5.16. The summed E-state index contributed by atoms with van der Waals surface area (Å²) in [5, 5.41) is 6.02. The van der Waals surface area contributed by atoms with Gasteiger partial charge in [-0.15, -0.1) is 0 Å². The largest absolute Gasteiger partial charge is 0.496 e. The summed E-state index contributed by atoms with van der Waals surface area (Å²) in [4.78, 5) is 0. The highest BCUT2D eigenvalue weighted by Crippen LogP contribution is 2.23. The molecule has 0 aliphatic carbocycles. The minimum atomic E-state index is -0.267. The molecule has 0 unspecified atom stereocenters. The number of nitrogens with one attached hydrogen (secondary N) is 2. The number of rotatable bonds is 4. The van der Waals surface area contributed by atoms with Crippen LogP contribution >= 0.6 is 0 Å². The number of halogens is 1. The molecule has 2 N–H and O–H groups in total. The lowest BCUT2D eigenvalue weighted by Crippen LogP contribution is -2.29. The number of hydrogen-bond acceptors (Lipinski definition) is 3. The van der Waals surface area contributed by atoms with Crippen LogP contribution in [-0.4, -0.2) is 21.2 Å². The first-order chi connectivity index (χ1) is 6.72. The van der Waals surface area contributed by atoms with Crippen LogP contribution in [-0.2, 0) is 0 Å². The fourth-order valence-electron chi connectivity index (χ4n) is 1.39. The Labute approximate surface area is 83.3 Å². The molecular formula is C10H15FN2O. The van der Waals surface area contributed by atoms with E-state index in [0.29, 0.717) is 5.75 Å². The van der Waals surface area contributed by atoms with Crippen molar-refractivity contribution in [1.82, 2.24) is 10.6 Å². The second-order valence-corrected chi connectivity index (χ2v) is 2.90. The number of ether oxygens (including phenoxy) is 1. The molecule has 0 bridgehead atoms. The normalized spacial score (nSPS) is 10.6. The third kappa shape index (κ3) is 2.21. The van der Waals surface area contributed by atoms with Gasteiger partial charge in [0.25, 0.3) is 0 Å². The molecule has 1 rings (SSSR count). The van der Waals surface area contributed by atoms with E-state index in [-0.39, 0.29) is 12.0 Å². The summed E-state index contributed by atoms with van der Waals surface area (Å²) < 4.78 is 18.1. The Kier molecular flexibility index (Phi) is 3.85. The van der Waals surface area contributed by atoms with E-state index in [2.05, 4.69) is 10.6 Å². The molecule has 0 fully saturated rings. The summed E-state index contributed by atoms with van der Waals surface area (Å²) >= 11 is 0. The van der Waals surface area contributed by atoms with Gasteiger partial charge in [0.1, 0.15) is 11.6 Å². The molecule has 0 heterocycles. The molecule has 14 heavy (non-hydrogen) atoms. The monoisotopic (exact) mass is 198 g/mol. The Hall–Kier alpha value is -1.13. The van der Waals surface area contributed by atoms with Gasteiger partial charge in [0, 0.05) is 5.56 Å². The number of hydrogen-bond donors (Lipinski definition) is 2. The van der Waals surface area contributed by atoms with Crippen molar-refractivity contribution in [3.05, 3.63) is 29.6 Å². The topological polar surface area (TPSA) is 33.3 Å². The fourth-order valence-corrected chi connectivity index (χ4v) is 1.39. The molecule has 0 aliphatic rings. The van der Waals surface area contributed by atoms with Crippen molar-refractivity contribution in [2.24, 2.45) is 0 Å². The SMILES string of the molecule is CNC(NC)c1cc(F)ccc1OC. The van der Waals surface area contributed by atoms with Crippen molar-refractivity contribution in [2.75, 3.05) is 21.2 Å². The molecule has 0 spiro atoms. The maximum absolute atomic E-state index is 13.0. The Morgan fingerprint density at radius 3 is 2.43 bits per heavy atom. The molecule has 0 saturated carbocycles. The van der Waals surface area contributed by atoms with Crippen LogP contribution in [0.2, 0.25) is 0 Å². The Balaban J connectivity index is 3.08. The molecule has 1 aromatic carbocycles. The van der Waals surface area contributed by atoms with Crippen molar-refractivity contribution < 1.29 is 9.13 Å². The zero-order valence-corrected chi connectivity index (χ0v) is 8.60. The standard InChI is InChI=1S/C10H15FN2O/c1-12-10(13-2)8-6-7(11)4-5-9(8)14-3/h4-6,10,12-13H,1-3H3. The average molecular weight is 198 g/mol. The maximum atomic E-state index is 13.0. The molecule has 3 nitrogen and oxygen atoms in total. The maximum Gasteiger partial charge on any atom is 0.125 e. The predicted octanol–water partition coefficient (Wildman–Crippen LogP) is 1.27. The smallest absolute Gasteiger partial charge is 0.125 e. The summed E-state index contributed by atoms with van der Waals surface area (Å²) in [6.07, 6.45) is -0.111. The van der Waals surface area contributed by atoms with E-state index < -0.39 is 0 Å². The highest BCUT2D eigenvalue weighted by molar-refractivity contribution is 5.36. The van der Waals surface area contributed by atoms with E-state index in [9.17, 15) is 4.39 Å². The predicted molar refractivity (Wildman–Crippen MR) is 53.8 cm³/mol. The van der Waals surface area contributed by atoms with Crippen LogP contribution in [0.1, 0.15) is 11.7 Å². The summed E-state index contributed by atoms with van der Waals surface area (Å²) in [5.74, 6) is 0.399. The van der Waals surface area contributed by atoms with Crippen molar-refractivity contribution in [3.63, 3.8) is 0 Å². The summed E-state index contributed by atoms with van der Waals surface area (Å²) in [6, 6.07) is 4.45. The third-order valence-corrected chi connectivity index (χ3v) is 2.08. The first kappa shape index (κ1) is 10.9. The molecule has 0 atom stereocenters. The van der Waals surface area contributed by atoms with E-state index in [4.69, 9.17) is 4.74 Å². The van der Waals surface area contributed by atoms with Gasteiger partial charge in [-0.3, -0.25) is 0 Å². The Bertz CT molecular complexity index is 300. The first-order valence-electron chi connectivity index (χ1n) is 4.41. The Morgan fingerprint density at radius 1 is 1.29 bits per heavy atom. The van der Waals surface area contributed by atoms with Crippen LogP contribution in [0.5, 0.6) is 5.75 Å². The number of methoxy groups -OCH3 is 1. The van der Waals surface area contributed by atoms with Crippen LogP contribution in [0, 0.1) is 5.82 Å². The lowest BCUT2D eigenvalue weighted by atomic mass is 10.1. The first-order valence-corrected chi connectivity index (χ1v) is 4.41. The van der Waals surface area contributed by atoms with Gasteiger partial charge >= 0.3 is 0 Å². The molecule has 0 aliphatic heterocycles. The number of benzene rings is 1. The fraction of sp³-hybridized carbons (Fsp3) is 0.400. The second-order valence-electron chi connectivity index (χ2n) is 2.90. The molecule has 78 valence electrons. The van der Waals surface area contributed by atoms with Gasteiger partial charge < -0.3 is 15.4 Å². The molecule has 0 radical (unpaired) electrons. The molecule has 0 aromatic heterocycles. The van der Waals surface area contributed by atoms with E-state index >= 15 is 0 Å². The van der Waals surface area contributed by atoms with Crippen LogP contribution in [0.4, 0.5) is 4.39 Å². The van der Waals surface area contributed by atoms with Gasteiger partial charge in [-0.05, 0) is 32.3 Å². The molecule has 0 amide bonds. The van der Waals surface area contributed by atoms with E-state index in [1.54, 1.807) is 27.3 Å². The highest BCUT2D eigenvalue weighted by Gasteiger charge is 2.12. The van der Waals surface area contributed by atoms with Crippen molar-refractivity contribution in [2.45, 2.75) is 6.17 Å². The third-order valence-electron chi connectivity index (χ3n) is 2.08. The molecule has 4 heteroatoms. The summed E-state index contributed by atoms with van der Waals surface area (Å²) in [6.45, 7) is 0. The zero-order chi connectivity index (χ0) is 10.6. The van der Waals surface area contributed by atoms with Gasteiger partial charge in [0.05, 0.1) is 13.3 Å². The molecule has 1 aromatic rings. The second kappa shape index (κ2) is 4.93. The van der Waals surface area contributed by atoms with Crippen molar-refractivity contribution >= 4 is 0 Å². The van der Waals surface area contributed by atoms with Crippen molar-refractivity contribution in [3.8, 4) is 5.75 Å². The van der Waals surface area contributed by atoms with Gasteiger partial charge in [0.15, 0.2) is 0 Å². The van der Waals surface area contributed by atoms with Crippen LogP contribution < -0.4 is 15.4 Å². The van der Waals surface area contributed by atoms with Crippen LogP contribution in [0.25, 0.3) is 0 Å². The minimum Gasteiger partial charge on any atom is -0.496 e. The van der Waals surface area contributed by atoms with E-state index in [0.717, 1.165) is 5.56 Å². The highest BCUT2D eigenvalue weighted by atomic mass is 19.1. The lowest BCUT2D eigenvalue weighted by Gasteiger charge is -2.18. The zero-order valence-electron chi connectivity index (χ0n) is 8.60. The van der Waals surface area contributed by atoms with E-state index in [1.807, 2.05) is 0 Å². The van der Waals surface area contributed by atoms with Crippen molar-refractivity contribution in [1.29, 1.82) is 0 Å². The Morgan fingerprint density at radius 2 is 1.93 bits per heavy atom. The lowest BCUT2D eigenvalue weighted by molar-refractivity contribution is 0.393. The molecule has 0 saturated heterocycles. The van der Waals surface area contributed by atoms with Gasteiger partial charge in [-0.2, -0.15) is 0 Å².